The molecule has 5 nitrogen and oxygen atoms in total. The van der Waals surface area contributed by atoms with Crippen LogP contribution in [-0.4, -0.2) is 23.2 Å². The summed E-state index contributed by atoms with van der Waals surface area (Å²) in [4.78, 5) is 11.1. The first-order valence-corrected chi connectivity index (χ1v) is 7.37. The van der Waals surface area contributed by atoms with Crippen LogP contribution in [0.5, 0.6) is 11.5 Å². The molecule has 0 fully saturated rings. The first-order valence-electron chi connectivity index (χ1n) is 6.58. The Morgan fingerprint density at radius 3 is 2.81 bits per heavy atom. The first-order chi connectivity index (χ1) is 10.1. The molecule has 1 heterocycles. The highest BCUT2D eigenvalue weighted by Gasteiger charge is 2.13. The number of hydrogen-bond acceptors (Lipinski definition) is 4. The highest BCUT2D eigenvalue weighted by Crippen LogP contribution is 2.26. The lowest BCUT2D eigenvalue weighted by Gasteiger charge is -2.11. The van der Waals surface area contributed by atoms with Gasteiger partial charge >= 0.3 is 0 Å². The molecule has 0 aliphatic carbocycles. The summed E-state index contributed by atoms with van der Waals surface area (Å²) < 4.78 is 13.7. The third-order valence-electron chi connectivity index (χ3n) is 3.16. The summed E-state index contributed by atoms with van der Waals surface area (Å²) in [6.45, 7) is 5.05. The average molecular weight is 353 g/mol. The maximum Gasteiger partial charge on any atom is 0.153 e. The number of hydrogen-bond donors (Lipinski definition) is 0. The summed E-state index contributed by atoms with van der Waals surface area (Å²) >= 11 is 3.52. The van der Waals surface area contributed by atoms with E-state index < -0.39 is 0 Å². The van der Waals surface area contributed by atoms with Crippen LogP contribution in [0.25, 0.3) is 0 Å². The first kappa shape index (κ1) is 15.6. The van der Waals surface area contributed by atoms with E-state index >= 15 is 0 Å². The van der Waals surface area contributed by atoms with E-state index in [0.717, 1.165) is 28.7 Å². The molecule has 0 saturated heterocycles. The van der Waals surface area contributed by atoms with Gasteiger partial charge in [-0.15, -0.1) is 0 Å². The molecule has 1 aromatic carbocycles. The van der Waals surface area contributed by atoms with Crippen molar-refractivity contribution in [1.82, 2.24) is 9.78 Å². The van der Waals surface area contributed by atoms with Gasteiger partial charge in [-0.2, -0.15) is 5.10 Å². The summed E-state index contributed by atoms with van der Waals surface area (Å²) in [5.41, 5.74) is 2.33. The quantitative estimate of drug-likeness (QED) is 0.748. The molecule has 1 aromatic heterocycles. The molecule has 2 aromatic rings. The zero-order valence-electron chi connectivity index (χ0n) is 12.2. The molecule has 0 unspecified atom stereocenters. The van der Waals surface area contributed by atoms with Gasteiger partial charge in [-0.3, -0.25) is 9.48 Å². The molecule has 0 aliphatic rings. The van der Waals surface area contributed by atoms with Crippen molar-refractivity contribution in [3.63, 3.8) is 0 Å². The summed E-state index contributed by atoms with van der Waals surface area (Å²) in [5.74, 6) is 1.15. The van der Waals surface area contributed by atoms with Crippen molar-refractivity contribution in [2.75, 3.05) is 7.11 Å². The van der Waals surface area contributed by atoms with Crippen LogP contribution in [0, 0.1) is 6.92 Å². The molecule has 21 heavy (non-hydrogen) atoms. The molecule has 2 rings (SSSR count). The zero-order valence-corrected chi connectivity index (χ0v) is 13.8. The van der Waals surface area contributed by atoms with E-state index in [-0.39, 0.29) is 0 Å². The minimum absolute atomic E-state index is 0.336. The molecule has 0 aliphatic heterocycles. The Morgan fingerprint density at radius 1 is 1.43 bits per heavy atom. The van der Waals surface area contributed by atoms with Crippen LogP contribution in [0.4, 0.5) is 0 Å². The molecule has 0 bridgehead atoms. The number of methoxy groups -OCH3 is 1. The third-order valence-corrected chi connectivity index (χ3v) is 4.19. The number of ether oxygens (including phenoxy) is 2. The normalized spacial score (nSPS) is 10.5. The van der Waals surface area contributed by atoms with Crippen molar-refractivity contribution in [1.29, 1.82) is 0 Å². The fourth-order valence-electron chi connectivity index (χ4n) is 2.03. The van der Waals surface area contributed by atoms with E-state index in [1.54, 1.807) is 25.3 Å². The second-order valence-corrected chi connectivity index (χ2v) is 5.27. The van der Waals surface area contributed by atoms with Gasteiger partial charge in [0.15, 0.2) is 6.29 Å². The second kappa shape index (κ2) is 6.76. The van der Waals surface area contributed by atoms with Crippen LogP contribution in [0.15, 0.2) is 22.7 Å². The Labute approximate surface area is 132 Å². The Balaban J connectivity index is 2.22. The molecular weight excluding hydrogens is 336 g/mol. The molecule has 6 heteroatoms. The van der Waals surface area contributed by atoms with E-state index in [0.29, 0.717) is 23.7 Å². The van der Waals surface area contributed by atoms with Crippen molar-refractivity contribution >= 4 is 22.2 Å². The maximum atomic E-state index is 11.1. The monoisotopic (exact) mass is 352 g/mol. The van der Waals surface area contributed by atoms with E-state index in [9.17, 15) is 4.79 Å². The van der Waals surface area contributed by atoms with Crippen LogP contribution >= 0.6 is 15.9 Å². The predicted octanol–water partition coefficient (Wildman–Crippen LogP) is 3.37. The number of carbonyl (C=O) groups excluding carboxylic acids is 1. The average Bonchev–Trinajstić information content (AvgIpc) is 2.79. The van der Waals surface area contributed by atoms with Gasteiger partial charge in [-0.25, -0.2) is 0 Å². The fourth-order valence-corrected chi connectivity index (χ4v) is 2.43. The van der Waals surface area contributed by atoms with Gasteiger partial charge in [0.05, 0.1) is 28.5 Å². The van der Waals surface area contributed by atoms with Crippen LogP contribution < -0.4 is 9.47 Å². The van der Waals surface area contributed by atoms with Crippen LogP contribution in [0.3, 0.4) is 0 Å². The predicted molar refractivity (Wildman–Crippen MR) is 83.1 cm³/mol. The smallest absolute Gasteiger partial charge is 0.153 e. The zero-order chi connectivity index (χ0) is 15.4. The highest BCUT2D eigenvalue weighted by molar-refractivity contribution is 9.10. The van der Waals surface area contributed by atoms with Gasteiger partial charge in [0.25, 0.3) is 0 Å². The Morgan fingerprint density at radius 2 is 2.19 bits per heavy atom. The number of aldehydes is 1. The van der Waals surface area contributed by atoms with Gasteiger partial charge in [0.1, 0.15) is 18.1 Å². The van der Waals surface area contributed by atoms with Crippen molar-refractivity contribution in [2.45, 2.75) is 27.0 Å². The molecule has 0 atom stereocenters. The number of carbonyl (C=O) groups is 1. The summed E-state index contributed by atoms with van der Waals surface area (Å²) in [5, 5.41) is 4.41. The number of nitrogens with zero attached hydrogens (tertiary/aromatic N) is 2. The molecule has 0 amide bonds. The number of halogens is 1. The number of rotatable bonds is 6. The Hall–Kier alpha value is -1.82. The van der Waals surface area contributed by atoms with Crippen molar-refractivity contribution in [2.24, 2.45) is 0 Å². The lowest BCUT2D eigenvalue weighted by atomic mass is 10.2. The molecule has 0 radical (unpaired) electrons. The van der Waals surface area contributed by atoms with Crippen molar-refractivity contribution < 1.29 is 14.3 Å². The molecule has 0 spiro atoms. The fraction of sp³-hybridized carbons (Fsp3) is 0.333. The molecule has 112 valence electrons. The van der Waals surface area contributed by atoms with Gasteiger partial charge in [0, 0.05) is 6.54 Å². The maximum absolute atomic E-state index is 11.1. The molecule has 0 N–H and O–H groups in total. The van der Waals surface area contributed by atoms with Gasteiger partial charge < -0.3 is 9.47 Å². The Bertz CT molecular complexity index is 653. The van der Waals surface area contributed by atoms with Crippen LogP contribution in [0.2, 0.25) is 0 Å². The van der Waals surface area contributed by atoms with Crippen molar-refractivity contribution in [3.05, 3.63) is 39.6 Å². The molecule has 0 saturated carbocycles. The van der Waals surface area contributed by atoms with Gasteiger partial charge in [-0.05, 0) is 48.0 Å². The number of aryl methyl sites for hydroxylation is 2. The van der Waals surface area contributed by atoms with E-state index in [4.69, 9.17) is 9.47 Å². The van der Waals surface area contributed by atoms with Crippen LogP contribution in [-0.2, 0) is 13.2 Å². The lowest BCUT2D eigenvalue weighted by Crippen LogP contribution is -2.07. The topological polar surface area (TPSA) is 53.4 Å². The Kier molecular flexibility index (Phi) is 5.01. The largest absolute Gasteiger partial charge is 0.497 e. The van der Waals surface area contributed by atoms with E-state index in [1.807, 2.05) is 18.5 Å². The summed E-state index contributed by atoms with van der Waals surface area (Å²) in [6.07, 6.45) is 0.759. The second-order valence-electron chi connectivity index (χ2n) is 4.47. The van der Waals surface area contributed by atoms with Crippen molar-refractivity contribution in [3.8, 4) is 11.5 Å². The number of benzene rings is 1. The minimum Gasteiger partial charge on any atom is -0.497 e. The van der Waals surface area contributed by atoms with Gasteiger partial charge in [-0.1, -0.05) is 0 Å². The number of aromatic nitrogens is 2. The van der Waals surface area contributed by atoms with E-state index in [1.165, 1.54) is 0 Å². The standard InChI is InChI=1S/C15H17BrN2O3/c1-4-18-13(15(16)10(2)17-18)9-21-14-6-5-12(20-3)7-11(14)8-19/h5-8H,4,9H2,1-3H3. The SMILES string of the molecule is CCn1nc(C)c(Br)c1COc1ccc(OC)cc1C=O. The molecular formula is C15H17BrN2O3. The third kappa shape index (κ3) is 3.26. The minimum atomic E-state index is 0.336. The summed E-state index contributed by atoms with van der Waals surface area (Å²) in [7, 11) is 1.56. The highest BCUT2D eigenvalue weighted by atomic mass is 79.9. The lowest BCUT2D eigenvalue weighted by molar-refractivity contribution is 0.111. The van der Waals surface area contributed by atoms with Gasteiger partial charge in [0.2, 0.25) is 0 Å². The van der Waals surface area contributed by atoms with Crippen LogP contribution in [0.1, 0.15) is 28.7 Å². The summed E-state index contributed by atoms with van der Waals surface area (Å²) in [6, 6.07) is 5.15. The van der Waals surface area contributed by atoms with E-state index in [2.05, 4.69) is 21.0 Å².